The molecule has 8 nitrogen and oxygen atoms in total. The van der Waals surface area contributed by atoms with Crippen molar-refractivity contribution in [2.75, 3.05) is 31.5 Å². The molecule has 0 aliphatic carbocycles. The minimum atomic E-state index is -4.50. The lowest BCUT2D eigenvalue weighted by molar-refractivity contribution is -0.162. The number of H-pyrrole nitrogens is 1. The van der Waals surface area contributed by atoms with E-state index in [1.54, 1.807) is 24.4 Å². The molecule has 0 saturated carbocycles. The number of piperazine rings is 1. The minimum absolute atomic E-state index is 0.206. The molecule has 0 unspecified atom stereocenters. The van der Waals surface area contributed by atoms with Crippen LogP contribution in [-0.4, -0.2) is 68.0 Å². The van der Waals surface area contributed by atoms with Crippen LogP contribution < -0.4 is 5.32 Å². The van der Waals surface area contributed by atoms with Crippen molar-refractivity contribution >= 4 is 40.3 Å². The monoisotopic (exact) mass is 547 g/mol. The fraction of sp³-hybridized carbons (Fsp3) is 0.280. The van der Waals surface area contributed by atoms with E-state index in [1.807, 2.05) is 12.1 Å². The lowest BCUT2D eigenvalue weighted by Gasteiger charge is -2.35. The van der Waals surface area contributed by atoms with Crippen LogP contribution in [0.3, 0.4) is 0 Å². The lowest BCUT2D eigenvalue weighted by atomic mass is 10.1. The van der Waals surface area contributed by atoms with Crippen LogP contribution in [-0.2, 0) is 11.3 Å². The van der Waals surface area contributed by atoms with Gasteiger partial charge in [-0.05, 0) is 35.4 Å². The molecule has 0 spiro atoms. The van der Waals surface area contributed by atoms with E-state index in [1.165, 1.54) is 11.1 Å². The maximum atomic E-state index is 14.3. The van der Waals surface area contributed by atoms with Crippen molar-refractivity contribution in [3.63, 3.8) is 0 Å². The molecule has 13 heteroatoms. The van der Waals surface area contributed by atoms with Crippen molar-refractivity contribution in [1.29, 1.82) is 0 Å². The maximum Gasteiger partial charge on any atom is 0.397 e. The van der Waals surface area contributed by atoms with Crippen molar-refractivity contribution < 1.29 is 22.4 Å². The number of hydrogen-bond donors (Lipinski definition) is 2. The molecule has 0 atom stereocenters. The molecule has 38 heavy (non-hydrogen) atoms. The van der Waals surface area contributed by atoms with Crippen molar-refractivity contribution in [2.24, 2.45) is 0 Å². The third-order valence-electron chi connectivity index (χ3n) is 6.18. The van der Waals surface area contributed by atoms with Gasteiger partial charge in [0.15, 0.2) is 5.82 Å². The Hall–Kier alpha value is -3.77. The topological polar surface area (TPSA) is 90.0 Å². The van der Waals surface area contributed by atoms with Crippen molar-refractivity contribution in [1.82, 2.24) is 29.7 Å². The second-order valence-corrected chi connectivity index (χ2v) is 9.33. The van der Waals surface area contributed by atoms with Crippen molar-refractivity contribution in [3.8, 4) is 11.1 Å². The zero-order valence-corrected chi connectivity index (χ0v) is 20.7. The summed E-state index contributed by atoms with van der Waals surface area (Å²) >= 11 is 6.15. The Balaban J connectivity index is 1.23. The van der Waals surface area contributed by atoms with E-state index in [2.05, 4.69) is 30.2 Å². The van der Waals surface area contributed by atoms with Gasteiger partial charge < -0.3 is 15.2 Å². The Morgan fingerprint density at radius 2 is 1.89 bits per heavy atom. The second-order valence-electron chi connectivity index (χ2n) is 8.92. The third-order valence-corrected chi connectivity index (χ3v) is 6.46. The van der Waals surface area contributed by atoms with Crippen LogP contribution in [0.4, 0.5) is 29.3 Å². The summed E-state index contributed by atoms with van der Waals surface area (Å²) in [5.74, 6) is -0.423. The van der Waals surface area contributed by atoms with Gasteiger partial charge in [-0.25, -0.2) is 14.4 Å². The molecule has 1 saturated heterocycles. The summed E-state index contributed by atoms with van der Waals surface area (Å²) in [5, 5.41) is 3.34. The number of aromatic amines is 1. The SMILES string of the molecule is O=C(CC(F)(F)F)N1CCN(Cc2ccnc(Nc3nc4ccc(-c5c(F)cncc5Cl)cc4[nH]3)c2)CC1. The fourth-order valence-electron chi connectivity index (χ4n) is 4.37. The zero-order chi connectivity index (χ0) is 26.9. The number of rotatable bonds is 6. The number of fused-ring (bicyclic) bond motifs is 1. The second kappa shape index (κ2) is 10.5. The molecule has 5 rings (SSSR count). The van der Waals surface area contributed by atoms with Gasteiger partial charge in [-0.2, -0.15) is 13.2 Å². The number of aromatic nitrogens is 4. The van der Waals surface area contributed by atoms with Gasteiger partial charge in [0.25, 0.3) is 0 Å². The normalized spacial score (nSPS) is 14.7. The Kier molecular flexibility index (Phi) is 7.17. The number of nitrogens with zero attached hydrogens (tertiary/aromatic N) is 5. The first kappa shape index (κ1) is 25.9. The highest BCUT2D eigenvalue weighted by molar-refractivity contribution is 6.33. The van der Waals surface area contributed by atoms with Crippen LogP contribution in [0.2, 0.25) is 5.02 Å². The smallest absolute Gasteiger partial charge is 0.340 e. The molecule has 1 aliphatic rings. The highest BCUT2D eigenvalue weighted by atomic mass is 35.5. The van der Waals surface area contributed by atoms with E-state index in [0.717, 1.165) is 11.8 Å². The van der Waals surface area contributed by atoms with E-state index < -0.39 is 24.3 Å². The Labute approximate surface area is 219 Å². The van der Waals surface area contributed by atoms with Crippen LogP contribution in [0.25, 0.3) is 22.2 Å². The Bertz CT molecular complexity index is 1450. The summed E-state index contributed by atoms with van der Waals surface area (Å²) in [7, 11) is 0. The number of alkyl halides is 3. The molecule has 1 aliphatic heterocycles. The van der Waals surface area contributed by atoms with Gasteiger partial charge in [0, 0.05) is 50.7 Å². The van der Waals surface area contributed by atoms with Gasteiger partial charge in [0.1, 0.15) is 12.2 Å². The number of imidazole rings is 1. The van der Waals surface area contributed by atoms with E-state index in [9.17, 15) is 22.4 Å². The van der Waals surface area contributed by atoms with Gasteiger partial charge in [0.05, 0.1) is 22.3 Å². The number of hydrogen-bond acceptors (Lipinski definition) is 6. The molecule has 4 aromatic rings. The van der Waals surface area contributed by atoms with Gasteiger partial charge in [0.2, 0.25) is 11.9 Å². The summed E-state index contributed by atoms with van der Waals surface area (Å²) in [6.45, 7) is 2.01. The number of carbonyl (C=O) groups excluding carboxylic acids is 1. The molecule has 0 bridgehead atoms. The average Bonchev–Trinajstić information content (AvgIpc) is 3.25. The van der Waals surface area contributed by atoms with Gasteiger partial charge >= 0.3 is 6.18 Å². The highest BCUT2D eigenvalue weighted by Crippen LogP contribution is 2.32. The van der Waals surface area contributed by atoms with Crippen LogP contribution in [0.5, 0.6) is 0 Å². The molecule has 4 heterocycles. The highest BCUT2D eigenvalue weighted by Gasteiger charge is 2.34. The number of halogens is 5. The number of anilines is 2. The van der Waals surface area contributed by atoms with E-state index >= 15 is 0 Å². The Morgan fingerprint density at radius 3 is 2.63 bits per heavy atom. The van der Waals surface area contributed by atoms with E-state index in [4.69, 9.17) is 11.6 Å². The van der Waals surface area contributed by atoms with Gasteiger partial charge in [-0.15, -0.1) is 0 Å². The first-order valence-corrected chi connectivity index (χ1v) is 12.1. The van der Waals surface area contributed by atoms with Crippen molar-refractivity contribution in [3.05, 3.63) is 65.3 Å². The first-order chi connectivity index (χ1) is 18.1. The van der Waals surface area contributed by atoms with Gasteiger partial charge in [-0.3, -0.25) is 14.7 Å². The molecule has 2 N–H and O–H groups in total. The largest absolute Gasteiger partial charge is 0.397 e. The molecule has 1 aromatic carbocycles. The van der Waals surface area contributed by atoms with E-state index in [0.29, 0.717) is 48.0 Å². The van der Waals surface area contributed by atoms with Crippen LogP contribution in [0.1, 0.15) is 12.0 Å². The van der Waals surface area contributed by atoms with Crippen LogP contribution in [0.15, 0.2) is 48.9 Å². The maximum absolute atomic E-state index is 14.3. The lowest BCUT2D eigenvalue weighted by Crippen LogP contribution is -2.49. The predicted molar refractivity (Wildman–Crippen MR) is 134 cm³/mol. The van der Waals surface area contributed by atoms with Crippen molar-refractivity contribution in [2.45, 2.75) is 19.1 Å². The number of carbonyl (C=O) groups is 1. The quantitative estimate of drug-likeness (QED) is 0.324. The molecule has 3 aromatic heterocycles. The predicted octanol–water partition coefficient (Wildman–Crippen LogP) is 5.15. The average molecular weight is 548 g/mol. The third kappa shape index (κ3) is 6.03. The number of pyridine rings is 2. The molecule has 1 fully saturated rings. The first-order valence-electron chi connectivity index (χ1n) is 11.7. The number of amides is 1. The van der Waals surface area contributed by atoms with Gasteiger partial charge in [-0.1, -0.05) is 17.7 Å². The zero-order valence-electron chi connectivity index (χ0n) is 19.9. The van der Waals surface area contributed by atoms with E-state index in [-0.39, 0.29) is 23.7 Å². The fourth-order valence-corrected chi connectivity index (χ4v) is 4.63. The summed E-state index contributed by atoms with van der Waals surface area (Å²) in [6, 6.07) is 8.94. The summed E-state index contributed by atoms with van der Waals surface area (Å²) < 4.78 is 51.8. The van der Waals surface area contributed by atoms with Crippen LogP contribution in [0, 0.1) is 5.82 Å². The molecule has 0 radical (unpaired) electrons. The number of benzene rings is 1. The van der Waals surface area contributed by atoms with Crippen LogP contribution >= 0.6 is 11.6 Å². The molecular weight excluding hydrogens is 526 g/mol. The summed E-state index contributed by atoms with van der Waals surface area (Å²) in [4.78, 5) is 30.9. The summed E-state index contributed by atoms with van der Waals surface area (Å²) in [5.41, 5.74) is 3.12. The summed E-state index contributed by atoms with van der Waals surface area (Å²) in [6.07, 6.45) is -1.78. The Morgan fingerprint density at radius 1 is 1.11 bits per heavy atom. The molecule has 1 amide bonds. The molecular formula is C25H22ClF4N7O. The molecule has 198 valence electrons. The standard InChI is InChI=1S/C25H22ClF4N7O/c26-17-12-31-13-18(27)23(17)16-1-2-19-20(10-16)34-24(33-19)35-21-9-15(3-4-32-21)14-36-5-7-37(8-6-36)22(38)11-25(28,29)30/h1-4,9-10,12-13H,5-8,11,14H2,(H2,32,33,34,35). The number of nitrogens with one attached hydrogen (secondary N) is 2. The minimum Gasteiger partial charge on any atom is -0.340 e.